The molecule has 0 rings (SSSR count). The number of hydrogen-bond acceptors (Lipinski definition) is 3. The average molecular weight is 210 g/mol. The summed E-state index contributed by atoms with van der Waals surface area (Å²) in [5.74, 6) is -0.249. The van der Waals surface area contributed by atoms with Crippen LogP contribution >= 0.6 is 0 Å². The number of hydrogen-bond donors (Lipinski definition) is 1. The summed E-state index contributed by atoms with van der Waals surface area (Å²) >= 11 is 0. The third-order valence-corrected chi connectivity index (χ3v) is 1.24. The van der Waals surface area contributed by atoms with E-state index in [1.165, 1.54) is 6.08 Å². The van der Waals surface area contributed by atoms with Crippen LogP contribution in [0, 0.1) is 11.3 Å². The van der Waals surface area contributed by atoms with Crippen molar-refractivity contribution in [2.24, 2.45) is 0 Å². The fourth-order valence-corrected chi connectivity index (χ4v) is 0.420. The molecule has 0 aromatic rings. The molecule has 4 nitrogen and oxygen atoms in total. The van der Waals surface area contributed by atoms with Gasteiger partial charge in [0.2, 0.25) is 0 Å². The third kappa shape index (κ3) is 15.2. The first-order chi connectivity index (χ1) is 7.09. The Labute approximate surface area is 91.2 Å². The topological polar surface area (TPSA) is 62.1 Å². The van der Waals surface area contributed by atoms with E-state index in [2.05, 4.69) is 25.6 Å². The SMILES string of the molecule is C=C(C)C(=O)NOCCCC.C=CC#N. The Kier molecular flexibility index (Phi) is 13.1. The molecule has 15 heavy (non-hydrogen) atoms. The molecule has 0 heterocycles. The second-order valence-corrected chi connectivity index (χ2v) is 2.75. The first-order valence-electron chi connectivity index (χ1n) is 4.68. The molecule has 0 aromatic carbocycles. The van der Waals surface area contributed by atoms with Crippen molar-refractivity contribution in [2.45, 2.75) is 26.7 Å². The fourth-order valence-electron chi connectivity index (χ4n) is 0.420. The van der Waals surface area contributed by atoms with Gasteiger partial charge in [0.25, 0.3) is 5.91 Å². The van der Waals surface area contributed by atoms with Crippen molar-refractivity contribution in [3.8, 4) is 6.07 Å². The van der Waals surface area contributed by atoms with Crippen LogP contribution in [0.4, 0.5) is 0 Å². The lowest BCUT2D eigenvalue weighted by Crippen LogP contribution is -2.24. The Morgan fingerprint density at radius 2 is 2.20 bits per heavy atom. The summed E-state index contributed by atoms with van der Waals surface area (Å²) in [6.45, 7) is 10.8. The molecule has 0 unspecified atom stereocenters. The molecule has 0 atom stereocenters. The van der Waals surface area contributed by atoms with E-state index in [9.17, 15) is 4.79 Å². The highest BCUT2D eigenvalue weighted by atomic mass is 16.6. The van der Waals surface area contributed by atoms with E-state index in [1.54, 1.807) is 13.0 Å². The van der Waals surface area contributed by atoms with Gasteiger partial charge in [-0.2, -0.15) is 5.26 Å². The van der Waals surface area contributed by atoms with Crippen LogP contribution in [0.2, 0.25) is 0 Å². The van der Waals surface area contributed by atoms with Crippen LogP contribution < -0.4 is 5.48 Å². The molecule has 0 saturated carbocycles. The van der Waals surface area contributed by atoms with Gasteiger partial charge in [-0.3, -0.25) is 9.63 Å². The Bertz CT molecular complexity index is 241. The summed E-state index contributed by atoms with van der Waals surface area (Å²) in [4.78, 5) is 15.6. The zero-order chi connectivity index (χ0) is 12.1. The molecule has 4 heteroatoms. The maximum atomic E-state index is 10.8. The minimum Gasteiger partial charge on any atom is -0.273 e. The van der Waals surface area contributed by atoms with Gasteiger partial charge in [0, 0.05) is 11.6 Å². The quantitative estimate of drug-likeness (QED) is 0.327. The number of rotatable bonds is 5. The van der Waals surface area contributed by atoms with Crippen molar-refractivity contribution >= 4 is 5.91 Å². The van der Waals surface area contributed by atoms with Gasteiger partial charge >= 0.3 is 0 Å². The molecule has 0 spiro atoms. The number of allylic oxidation sites excluding steroid dienone is 1. The number of nitriles is 1. The van der Waals surface area contributed by atoms with Gasteiger partial charge in [-0.15, -0.1) is 0 Å². The Morgan fingerprint density at radius 3 is 2.53 bits per heavy atom. The van der Waals surface area contributed by atoms with Gasteiger partial charge < -0.3 is 0 Å². The van der Waals surface area contributed by atoms with E-state index in [4.69, 9.17) is 10.1 Å². The van der Waals surface area contributed by atoms with Gasteiger partial charge in [-0.1, -0.05) is 26.5 Å². The lowest BCUT2D eigenvalue weighted by Gasteiger charge is -2.03. The zero-order valence-electron chi connectivity index (χ0n) is 9.38. The molecule has 1 N–H and O–H groups in total. The standard InChI is InChI=1S/C8H15NO2.C3H3N/c1-4-5-6-11-9-8(10)7(2)3;1-2-3-4/h2,4-6H2,1,3H3,(H,9,10);2H,1H2. The van der Waals surface area contributed by atoms with E-state index < -0.39 is 0 Å². The van der Waals surface area contributed by atoms with Crippen LogP contribution in [0.1, 0.15) is 26.7 Å². The fraction of sp³-hybridized carbons (Fsp3) is 0.455. The molecule has 84 valence electrons. The highest BCUT2D eigenvalue weighted by Crippen LogP contribution is 1.88. The van der Waals surface area contributed by atoms with Crippen LogP contribution in [-0.4, -0.2) is 12.5 Å². The second-order valence-electron chi connectivity index (χ2n) is 2.75. The first kappa shape index (κ1) is 15.9. The predicted molar refractivity (Wildman–Crippen MR) is 59.6 cm³/mol. The molecule has 0 radical (unpaired) electrons. The number of hydroxylamine groups is 1. The summed E-state index contributed by atoms with van der Waals surface area (Å²) in [5.41, 5.74) is 2.74. The van der Waals surface area contributed by atoms with E-state index in [-0.39, 0.29) is 5.91 Å². The Hall–Kier alpha value is -1.60. The molecule has 0 aliphatic rings. The number of carbonyl (C=O) groups excluding carboxylic acids is 1. The van der Waals surface area contributed by atoms with Gasteiger partial charge in [0.1, 0.15) is 0 Å². The van der Waals surface area contributed by atoms with Crippen molar-refractivity contribution < 1.29 is 9.63 Å². The number of amides is 1. The number of nitrogens with one attached hydrogen (secondary N) is 1. The summed E-state index contributed by atoms with van der Waals surface area (Å²) in [6, 6.07) is 1.69. The first-order valence-corrected chi connectivity index (χ1v) is 4.68. The number of nitrogens with zero attached hydrogens (tertiary/aromatic N) is 1. The van der Waals surface area contributed by atoms with Crippen molar-refractivity contribution in [3.63, 3.8) is 0 Å². The van der Waals surface area contributed by atoms with Crippen molar-refractivity contribution in [3.05, 3.63) is 24.8 Å². The van der Waals surface area contributed by atoms with Crippen LogP contribution in [0.25, 0.3) is 0 Å². The molecule has 0 fully saturated rings. The van der Waals surface area contributed by atoms with Gasteiger partial charge in [-0.25, -0.2) is 5.48 Å². The maximum absolute atomic E-state index is 10.8. The van der Waals surface area contributed by atoms with Crippen LogP contribution in [-0.2, 0) is 9.63 Å². The lowest BCUT2D eigenvalue weighted by molar-refractivity contribution is -0.129. The van der Waals surface area contributed by atoms with Crippen molar-refractivity contribution in [2.75, 3.05) is 6.61 Å². The molecule has 0 bridgehead atoms. The third-order valence-electron chi connectivity index (χ3n) is 1.24. The molecular weight excluding hydrogens is 192 g/mol. The van der Waals surface area contributed by atoms with E-state index in [1.807, 2.05) is 0 Å². The van der Waals surface area contributed by atoms with Crippen molar-refractivity contribution in [1.29, 1.82) is 5.26 Å². The normalized spacial score (nSPS) is 7.80. The van der Waals surface area contributed by atoms with Crippen LogP contribution in [0.15, 0.2) is 24.8 Å². The highest BCUT2D eigenvalue weighted by Gasteiger charge is 1.98. The highest BCUT2D eigenvalue weighted by molar-refractivity contribution is 5.91. The summed E-state index contributed by atoms with van der Waals surface area (Å²) in [7, 11) is 0. The number of unbranched alkanes of at least 4 members (excludes halogenated alkanes) is 1. The maximum Gasteiger partial charge on any atom is 0.269 e. The van der Waals surface area contributed by atoms with Crippen LogP contribution in [0.3, 0.4) is 0 Å². The average Bonchev–Trinajstić information content (AvgIpc) is 2.24. The lowest BCUT2D eigenvalue weighted by atomic mass is 10.3. The second kappa shape index (κ2) is 12.4. The Morgan fingerprint density at radius 1 is 1.67 bits per heavy atom. The van der Waals surface area contributed by atoms with E-state index in [0.29, 0.717) is 12.2 Å². The van der Waals surface area contributed by atoms with Crippen LogP contribution in [0.5, 0.6) is 0 Å². The number of carbonyl (C=O) groups is 1. The zero-order valence-corrected chi connectivity index (χ0v) is 9.38. The molecule has 1 amide bonds. The minimum absolute atomic E-state index is 0.249. The summed E-state index contributed by atoms with van der Waals surface area (Å²) in [6.07, 6.45) is 3.19. The minimum atomic E-state index is -0.249. The van der Waals surface area contributed by atoms with Crippen molar-refractivity contribution in [1.82, 2.24) is 5.48 Å². The molecule has 0 aliphatic heterocycles. The molecule has 0 aromatic heterocycles. The summed E-state index contributed by atoms with van der Waals surface area (Å²) < 4.78 is 0. The monoisotopic (exact) mass is 210 g/mol. The Balaban J connectivity index is 0. The molecule has 0 saturated heterocycles. The predicted octanol–water partition coefficient (Wildman–Crippen LogP) is 2.11. The van der Waals surface area contributed by atoms with E-state index >= 15 is 0 Å². The smallest absolute Gasteiger partial charge is 0.269 e. The largest absolute Gasteiger partial charge is 0.273 e. The summed E-state index contributed by atoms with van der Waals surface area (Å²) in [5, 5.41) is 7.51. The van der Waals surface area contributed by atoms with Gasteiger partial charge in [0.05, 0.1) is 12.7 Å². The molecule has 0 aliphatic carbocycles. The molecular formula is C11H18N2O2. The van der Waals surface area contributed by atoms with E-state index in [0.717, 1.165) is 12.8 Å². The van der Waals surface area contributed by atoms with Gasteiger partial charge in [-0.05, 0) is 13.3 Å². The van der Waals surface area contributed by atoms with Gasteiger partial charge in [0.15, 0.2) is 0 Å².